The van der Waals surface area contributed by atoms with Crippen molar-refractivity contribution in [2.24, 2.45) is 7.05 Å². The van der Waals surface area contributed by atoms with Crippen molar-refractivity contribution in [1.82, 2.24) is 34.9 Å². The number of piperidine rings is 1. The minimum Gasteiger partial charge on any atom is -0.465 e. The van der Waals surface area contributed by atoms with Crippen LogP contribution in [0.15, 0.2) is 66.9 Å². The van der Waals surface area contributed by atoms with E-state index in [4.69, 9.17) is 32.7 Å². The van der Waals surface area contributed by atoms with Gasteiger partial charge in [-0.05, 0) is 94.4 Å². The lowest BCUT2D eigenvalue weighted by atomic mass is 9.81. The van der Waals surface area contributed by atoms with Crippen LogP contribution in [0.3, 0.4) is 0 Å². The predicted molar refractivity (Wildman–Crippen MR) is 217 cm³/mol. The molecule has 0 saturated carbocycles. The number of amides is 3. The first-order valence-electron chi connectivity index (χ1n) is 18.5. The van der Waals surface area contributed by atoms with Crippen molar-refractivity contribution in [1.29, 1.82) is 0 Å². The van der Waals surface area contributed by atoms with Crippen LogP contribution in [0.4, 0.5) is 9.18 Å². The first-order valence-corrected chi connectivity index (χ1v) is 19.3. The smallest absolute Gasteiger partial charge is 0.407 e. The van der Waals surface area contributed by atoms with Gasteiger partial charge in [-0.25, -0.2) is 14.2 Å². The molecule has 1 saturated heterocycles. The second kappa shape index (κ2) is 19.1. The van der Waals surface area contributed by atoms with Crippen molar-refractivity contribution in [2.75, 3.05) is 47.9 Å². The van der Waals surface area contributed by atoms with E-state index in [-0.39, 0.29) is 36.0 Å². The Morgan fingerprint density at radius 2 is 1.75 bits per heavy atom. The molecule has 1 unspecified atom stereocenters. The van der Waals surface area contributed by atoms with Crippen molar-refractivity contribution >= 4 is 41.1 Å². The summed E-state index contributed by atoms with van der Waals surface area (Å²) in [6, 6.07) is 15.2. The van der Waals surface area contributed by atoms with Crippen LogP contribution in [0.1, 0.15) is 36.7 Å². The van der Waals surface area contributed by atoms with Crippen LogP contribution in [-0.4, -0.2) is 113 Å². The topological polar surface area (TPSA) is 141 Å². The highest BCUT2D eigenvalue weighted by atomic mass is 35.5. The van der Waals surface area contributed by atoms with Crippen LogP contribution in [0.2, 0.25) is 10.0 Å². The summed E-state index contributed by atoms with van der Waals surface area (Å²) >= 11 is 12.4. The SMILES string of the molecule is COC[C@H](NC(=O)[C@H](C)NCc1c(F)cc(Cl)cc1Oc1ccc(-c2cnc(CN(C)C)n2C)cc1)C(=O)N(C)C1(Cc2ccc(Cl)cc2)CCCN(C(=O)O)C1. The van der Waals surface area contributed by atoms with Crippen LogP contribution in [0, 0.1) is 5.82 Å². The molecule has 3 aromatic carbocycles. The Morgan fingerprint density at radius 3 is 2.40 bits per heavy atom. The number of halogens is 3. The monoisotopic (exact) mass is 825 g/mol. The van der Waals surface area contributed by atoms with E-state index in [1.165, 1.54) is 29.0 Å². The number of imidazole rings is 1. The molecule has 1 aliphatic heterocycles. The fourth-order valence-electron chi connectivity index (χ4n) is 7.06. The number of carbonyl (C=O) groups is 3. The number of rotatable bonds is 16. The standard InChI is InChI=1S/C41H50Cl2FN7O6/c1-26(38(52)47-34(24-56-6)39(53)50(5)41(16-7-17-51(25-41)40(54)55)20-27-8-12-29(42)13-9-27)45-21-32-33(44)18-30(43)19-36(32)57-31-14-10-28(11-15-31)35-22-46-37(49(35)4)23-48(2)3/h8-15,18-19,22,26,34,45H,7,16-17,20-21,23-25H2,1-6H3,(H,47,52)(H,54,55)/t26-,34-,41?/m0/s1. The number of nitrogens with zero attached hydrogens (tertiary/aromatic N) is 5. The number of nitrogens with one attached hydrogen (secondary N) is 2. The van der Waals surface area contributed by atoms with E-state index in [2.05, 4.69) is 15.6 Å². The minimum atomic E-state index is -1.10. The summed E-state index contributed by atoms with van der Waals surface area (Å²) in [6.07, 6.45) is 2.19. The Labute approximate surface area is 342 Å². The van der Waals surface area contributed by atoms with Gasteiger partial charge in [0.25, 0.3) is 0 Å². The average molecular weight is 827 g/mol. The quantitative estimate of drug-likeness (QED) is 0.120. The van der Waals surface area contributed by atoms with E-state index < -0.39 is 41.3 Å². The molecule has 1 aromatic heterocycles. The maximum absolute atomic E-state index is 15.4. The molecule has 4 aromatic rings. The third kappa shape index (κ3) is 10.8. The second-order valence-corrected chi connectivity index (χ2v) is 15.6. The van der Waals surface area contributed by atoms with Crippen molar-refractivity contribution in [3.8, 4) is 22.8 Å². The molecule has 306 valence electrons. The first-order chi connectivity index (χ1) is 27.1. The second-order valence-electron chi connectivity index (χ2n) is 14.7. The van der Waals surface area contributed by atoms with E-state index in [1.807, 2.05) is 61.1 Å². The van der Waals surface area contributed by atoms with Gasteiger partial charge in [0.05, 0.1) is 36.6 Å². The molecular formula is C41H50Cl2FN7O6. The van der Waals surface area contributed by atoms with E-state index in [9.17, 15) is 19.5 Å². The van der Waals surface area contributed by atoms with Gasteiger partial charge in [-0.1, -0.05) is 35.3 Å². The number of likely N-dealkylation sites (N-methyl/N-ethyl adjacent to an activating group) is 1. The minimum absolute atomic E-state index is 0.0856. The normalized spacial score (nSPS) is 16.6. The lowest BCUT2D eigenvalue weighted by molar-refractivity contribution is -0.144. The number of aromatic nitrogens is 2. The molecule has 13 nitrogen and oxygen atoms in total. The summed E-state index contributed by atoms with van der Waals surface area (Å²) in [5.74, 6) is -0.0549. The number of hydrogen-bond acceptors (Lipinski definition) is 8. The summed E-state index contributed by atoms with van der Waals surface area (Å²) < 4.78 is 28.9. The van der Waals surface area contributed by atoms with E-state index in [0.717, 1.165) is 22.6 Å². The molecule has 1 aliphatic rings. The fraction of sp³-hybridized carbons (Fsp3) is 0.415. The number of ether oxygens (including phenoxy) is 2. The zero-order chi connectivity index (χ0) is 41.4. The molecule has 0 aliphatic carbocycles. The number of benzene rings is 3. The zero-order valence-corrected chi connectivity index (χ0v) is 34.5. The molecule has 1 fully saturated rings. The lowest BCUT2D eigenvalue weighted by Gasteiger charge is -2.48. The molecule has 5 rings (SSSR count). The number of likely N-dealkylation sites (tertiary alicyclic amines) is 1. The summed E-state index contributed by atoms with van der Waals surface area (Å²) in [6.45, 7) is 2.48. The molecule has 3 amide bonds. The molecule has 0 radical (unpaired) electrons. The number of carbonyl (C=O) groups excluding carboxylic acids is 2. The van der Waals surface area contributed by atoms with Gasteiger partial charge in [-0.3, -0.25) is 9.59 Å². The Hall–Kier alpha value is -4.73. The molecule has 0 bridgehead atoms. The van der Waals surface area contributed by atoms with E-state index >= 15 is 4.39 Å². The molecule has 3 N–H and O–H groups in total. The van der Waals surface area contributed by atoms with Gasteiger partial charge >= 0.3 is 6.09 Å². The highest BCUT2D eigenvalue weighted by molar-refractivity contribution is 6.31. The van der Waals surface area contributed by atoms with Crippen LogP contribution in [-0.2, 0) is 40.9 Å². The summed E-state index contributed by atoms with van der Waals surface area (Å²) in [5, 5.41) is 16.4. The number of methoxy groups -OCH3 is 1. The highest BCUT2D eigenvalue weighted by Gasteiger charge is 2.44. The molecule has 57 heavy (non-hydrogen) atoms. The largest absolute Gasteiger partial charge is 0.465 e. The predicted octanol–water partition coefficient (Wildman–Crippen LogP) is 6.21. The highest BCUT2D eigenvalue weighted by Crippen LogP contribution is 2.34. The van der Waals surface area contributed by atoms with Crippen LogP contribution in [0.5, 0.6) is 11.5 Å². The van der Waals surface area contributed by atoms with Crippen molar-refractivity contribution in [3.63, 3.8) is 0 Å². The van der Waals surface area contributed by atoms with Crippen molar-refractivity contribution < 1.29 is 33.4 Å². The maximum atomic E-state index is 15.4. The third-order valence-corrected chi connectivity index (χ3v) is 10.8. The van der Waals surface area contributed by atoms with Crippen molar-refractivity contribution in [2.45, 2.75) is 56.9 Å². The van der Waals surface area contributed by atoms with Crippen LogP contribution in [0.25, 0.3) is 11.3 Å². The summed E-state index contributed by atoms with van der Waals surface area (Å²) in [7, 11) is 8.97. The van der Waals surface area contributed by atoms with Gasteiger partial charge in [0.15, 0.2) is 0 Å². The fourth-order valence-corrected chi connectivity index (χ4v) is 7.38. The van der Waals surface area contributed by atoms with E-state index in [1.54, 1.807) is 38.2 Å². The Bertz CT molecular complexity index is 2030. The molecular weight excluding hydrogens is 776 g/mol. The molecule has 16 heteroatoms. The Kier molecular flexibility index (Phi) is 14.6. The van der Waals surface area contributed by atoms with E-state index in [0.29, 0.717) is 43.1 Å². The first kappa shape index (κ1) is 43.4. The third-order valence-electron chi connectivity index (χ3n) is 10.3. The van der Waals surface area contributed by atoms with Gasteiger partial charge in [0.2, 0.25) is 11.8 Å². The number of carboxylic acid groups (broad SMARTS) is 1. The molecule has 0 spiro atoms. The van der Waals surface area contributed by atoms with Gasteiger partial charge in [-0.2, -0.15) is 0 Å². The average Bonchev–Trinajstić information content (AvgIpc) is 3.53. The van der Waals surface area contributed by atoms with Crippen molar-refractivity contribution in [3.05, 3.63) is 99.7 Å². The van der Waals surface area contributed by atoms with Gasteiger partial charge < -0.3 is 44.5 Å². The van der Waals surface area contributed by atoms with Gasteiger partial charge in [0.1, 0.15) is 29.2 Å². The van der Waals surface area contributed by atoms with Gasteiger partial charge in [0, 0.05) is 62.0 Å². The number of hydrogen-bond donors (Lipinski definition) is 3. The molecule has 2 heterocycles. The summed E-state index contributed by atoms with van der Waals surface area (Å²) in [4.78, 5) is 49.3. The van der Waals surface area contributed by atoms with Gasteiger partial charge in [-0.15, -0.1) is 0 Å². The lowest BCUT2D eigenvalue weighted by Crippen LogP contribution is -2.64. The maximum Gasteiger partial charge on any atom is 0.407 e. The Balaban J connectivity index is 1.27. The molecule has 3 atom stereocenters. The van der Waals surface area contributed by atoms with Crippen LogP contribution < -0.4 is 15.4 Å². The van der Waals surface area contributed by atoms with Crippen LogP contribution >= 0.6 is 23.2 Å². The summed E-state index contributed by atoms with van der Waals surface area (Å²) in [5.41, 5.74) is 1.98. The zero-order valence-electron chi connectivity index (χ0n) is 33.0. The Morgan fingerprint density at radius 1 is 1.05 bits per heavy atom.